The molecule has 144 valence electrons. The second-order valence-electron chi connectivity index (χ2n) is 6.47. The summed E-state index contributed by atoms with van der Waals surface area (Å²) >= 11 is 0. The van der Waals surface area contributed by atoms with Crippen LogP contribution in [-0.4, -0.2) is 20.3 Å². The van der Waals surface area contributed by atoms with Gasteiger partial charge in [-0.2, -0.15) is 0 Å². The number of fused-ring (bicyclic) bond motifs is 2. The average molecular weight is 387 g/mol. The van der Waals surface area contributed by atoms with Crippen LogP contribution in [0.15, 0.2) is 72.4 Å². The zero-order chi connectivity index (χ0) is 20.4. The molecule has 4 rings (SSSR count). The third-order valence-electron chi connectivity index (χ3n) is 4.59. The smallest absolute Gasteiger partial charge is 0.278 e. The molecule has 4 aromatic rings. The molecule has 0 aliphatic rings. The fourth-order valence-electron chi connectivity index (χ4n) is 3.18. The van der Waals surface area contributed by atoms with Crippen molar-refractivity contribution in [3.05, 3.63) is 89.1 Å². The van der Waals surface area contributed by atoms with E-state index in [-0.39, 0.29) is 22.8 Å². The molecule has 0 saturated carbocycles. The van der Waals surface area contributed by atoms with Crippen molar-refractivity contribution in [2.75, 3.05) is 5.73 Å². The largest absolute Gasteiger partial charge is 0.348 e. The minimum Gasteiger partial charge on any atom is -0.348 e. The van der Waals surface area contributed by atoms with Crippen molar-refractivity contribution in [2.45, 2.75) is 13.1 Å². The zero-order valence-corrected chi connectivity index (χ0v) is 15.6. The van der Waals surface area contributed by atoms with Gasteiger partial charge in [-0.1, -0.05) is 29.8 Å². The van der Waals surface area contributed by atoms with Gasteiger partial charge >= 0.3 is 0 Å². The first kappa shape index (κ1) is 18.3. The van der Waals surface area contributed by atoms with E-state index < -0.39 is 0 Å². The predicted molar refractivity (Wildman–Crippen MR) is 109 cm³/mol. The number of carbonyl (C=O) groups is 1. The van der Waals surface area contributed by atoms with E-state index in [1.165, 1.54) is 10.5 Å². The highest BCUT2D eigenvalue weighted by Gasteiger charge is 2.23. The molecule has 0 radical (unpaired) electrons. The molecule has 8 heteroatoms. The van der Waals surface area contributed by atoms with Crippen molar-refractivity contribution >= 4 is 28.4 Å². The molecule has 1 amide bonds. The van der Waals surface area contributed by atoms with Gasteiger partial charge in [-0.3, -0.25) is 19.0 Å². The lowest BCUT2D eigenvalue weighted by Crippen LogP contribution is -2.42. The summed E-state index contributed by atoms with van der Waals surface area (Å²) < 4.78 is 3.06. The van der Waals surface area contributed by atoms with E-state index in [0.717, 1.165) is 5.56 Å². The van der Waals surface area contributed by atoms with E-state index in [9.17, 15) is 9.59 Å². The van der Waals surface area contributed by atoms with Crippen LogP contribution in [0.4, 0.5) is 5.82 Å². The van der Waals surface area contributed by atoms with Gasteiger partial charge in [0, 0.05) is 25.1 Å². The summed E-state index contributed by atoms with van der Waals surface area (Å²) in [4.78, 5) is 34.4. The minimum absolute atomic E-state index is 0.207. The molecule has 0 aromatic carbocycles. The molecule has 4 heterocycles. The van der Waals surface area contributed by atoms with Crippen LogP contribution in [0.1, 0.15) is 15.9 Å². The first-order chi connectivity index (χ1) is 14.1. The van der Waals surface area contributed by atoms with Crippen LogP contribution < -0.4 is 21.2 Å². The Morgan fingerprint density at radius 3 is 2.93 bits per heavy atom. The maximum absolute atomic E-state index is 13.0. The summed E-state index contributed by atoms with van der Waals surface area (Å²) in [5.74, 6) is -0.170. The molecule has 4 aromatic heterocycles. The van der Waals surface area contributed by atoms with Crippen molar-refractivity contribution in [1.82, 2.24) is 19.7 Å². The van der Waals surface area contributed by atoms with Gasteiger partial charge in [-0.05, 0) is 29.8 Å². The summed E-state index contributed by atoms with van der Waals surface area (Å²) in [7, 11) is 0. The standard InChI is InChI=1S/C21H18N6O2/c1-2-9-27-18(22)15(20(28)24-13-14-6-5-8-23-12-14)11-16-19(27)25-17-7-3-4-10-26(17)21(16)29/h2-8,10-12,22H,1,9,13H2,(H,24,28)/p+1. The SMILES string of the molecule is C=CC[n+]1c(N)c(C(=O)NCc2cccnc2)cc2c(=O)n3ccccc3nc21. The highest BCUT2D eigenvalue weighted by atomic mass is 16.1. The number of rotatable bonds is 5. The van der Waals surface area contributed by atoms with Gasteiger partial charge in [-0.25, -0.2) is 4.57 Å². The molecule has 0 spiro atoms. The quantitative estimate of drug-likeness (QED) is 0.304. The summed E-state index contributed by atoms with van der Waals surface area (Å²) in [5, 5.41) is 3.12. The Hall–Kier alpha value is -4.07. The highest BCUT2D eigenvalue weighted by molar-refractivity contribution is 6.00. The Bertz CT molecular complexity index is 1300. The number of nitrogens with zero attached hydrogens (tertiary/aromatic N) is 4. The topological polar surface area (TPSA) is 106 Å². The summed E-state index contributed by atoms with van der Waals surface area (Å²) in [6.45, 7) is 4.34. The van der Waals surface area contributed by atoms with E-state index in [0.29, 0.717) is 29.8 Å². The lowest BCUT2D eigenvalue weighted by atomic mass is 10.1. The molecule has 0 fully saturated rings. The monoisotopic (exact) mass is 387 g/mol. The van der Waals surface area contributed by atoms with Gasteiger partial charge in [0.05, 0.1) is 6.54 Å². The number of hydrogen-bond donors (Lipinski definition) is 2. The molecule has 0 aliphatic carbocycles. The average Bonchev–Trinajstić information content (AvgIpc) is 2.75. The molecule has 0 unspecified atom stereocenters. The van der Waals surface area contributed by atoms with Gasteiger partial charge < -0.3 is 11.1 Å². The van der Waals surface area contributed by atoms with Crippen molar-refractivity contribution in [1.29, 1.82) is 0 Å². The molecular formula is C21H19N6O2+. The molecule has 0 bridgehead atoms. The second-order valence-corrected chi connectivity index (χ2v) is 6.47. The fraction of sp³-hybridized carbons (Fsp3) is 0.0952. The Morgan fingerprint density at radius 1 is 1.31 bits per heavy atom. The molecule has 8 nitrogen and oxygen atoms in total. The molecule has 29 heavy (non-hydrogen) atoms. The van der Waals surface area contributed by atoms with Crippen LogP contribution in [0.2, 0.25) is 0 Å². The van der Waals surface area contributed by atoms with Crippen LogP contribution >= 0.6 is 0 Å². The number of carbonyl (C=O) groups excluding carboxylic acids is 1. The van der Waals surface area contributed by atoms with Crippen molar-refractivity contribution in [3.8, 4) is 0 Å². The molecular weight excluding hydrogens is 368 g/mol. The van der Waals surface area contributed by atoms with E-state index in [1.54, 1.807) is 53.5 Å². The maximum atomic E-state index is 13.0. The van der Waals surface area contributed by atoms with E-state index >= 15 is 0 Å². The number of nitrogen functional groups attached to an aromatic ring is 1. The number of nitrogens with two attached hydrogens (primary N) is 1. The Balaban J connectivity index is 1.85. The Labute approximate surface area is 166 Å². The van der Waals surface area contributed by atoms with E-state index in [2.05, 4.69) is 21.9 Å². The van der Waals surface area contributed by atoms with Crippen molar-refractivity contribution in [3.63, 3.8) is 0 Å². The van der Waals surface area contributed by atoms with E-state index in [4.69, 9.17) is 5.73 Å². The van der Waals surface area contributed by atoms with Gasteiger partial charge in [0.25, 0.3) is 17.1 Å². The van der Waals surface area contributed by atoms with Crippen LogP contribution in [0, 0.1) is 0 Å². The maximum Gasteiger partial charge on any atom is 0.278 e. The first-order valence-electron chi connectivity index (χ1n) is 9.01. The first-order valence-corrected chi connectivity index (χ1v) is 9.01. The third kappa shape index (κ3) is 3.31. The summed E-state index contributed by atoms with van der Waals surface area (Å²) in [5.41, 5.74) is 7.98. The van der Waals surface area contributed by atoms with Gasteiger partial charge in [-0.15, -0.1) is 0 Å². The zero-order valence-electron chi connectivity index (χ0n) is 15.6. The molecule has 0 atom stereocenters. The highest BCUT2D eigenvalue weighted by Crippen LogP contribution is 2.15. The second kappa shape index (κ2) is 7.51. The summed E-state index contributed by atoms with van der Waals surface area (Å²) in [6, 6.07) is 10.4. The normalized spacial score (nSPS) is 10.9. The van der Waals surface area contributed by atoms with Crippen molar-refractivity contribution in [2.24, 2.45) is 0 Å². The Kier molecular flexibility index (Phi) is 4.74. The van der Waals surface area contributed by atoms with Crippen LogP contribution in [-0.2, 0) is 13.1 Å². The van der Waals surface area contributed by atoms with Crippen LogP contribution in [0.25, 0.3) is 16.7 Å². The van der Waals surface area contributed by atoms with Crippen LogP contribution in [0.3, 0.4) is 0 Å². The number of hydrogen-bond acceptors (Lipinski definition) is 5. The van der Waals surface area contributed by atoms with Crippen molar-refractivity contribution < 1.29 is 9.36 Å². The van der Waals surface area contributed by atoms with E-state index in [1.807, 2.05) is 6.07 Å². The number of pyridine rings is 3. The number of amides is 1. The lowest BCUT2D eigenvalue weighted by molar-refractivity contribution is -0.648. The number of nitrogens with one attached hydrogen (secondary N) is 1. The predicted octanol–water partition coefficient (Wildman–Crippen LogP) is 1.23. The third-order valence-corrected chi connectivity index (χ3v) is 4.59. The Morgan fingerprint density at radius 2 is 2.17 bits per heavy atom. The number of allylic oxidation sites excluding steroid dienone is 1. The lowest BCUT2D eigenvalue weighted by Gasteiger charge is -2.11. The van der Waals surface area contributed by atoms with Gasteiger partial charge in [0.1, 0.15) is 10.9 Å². The number of aromatic nitrogens is 4. The minimum atomic E-state index is -0.386. The molecule has 0 aliphatic heterocycles. The fourth-order valence-corrected chi connectivity index (χ4v) is 3.18. The van der Waals surface area contributed by atoms with Gasteiger partial charge in [0.2, 0.25) is 11.5 Å². The van der Waals surface area contributed by atoms with Crippen LogP contribution in [0.5, 0.6) is 0 Å². The molecule has 0 saturated heterocycles. The number of anilines is 1. The molecule has 3 N–H and O–H groups in total. The summed E-state index contributed by atoms with van der Waals surface area (Å²) in [6.07, 6.45) is 6.61. The van der Waals surface area contributed by atoms with Gasteiger partial charge in [0.15, 0.2) is 0 Å².